The van der Waals surface area contributed by atoms with Gasteiger partial charge in [0.15, 0.2) is 0 Å². The first kappa shape index (κ1) is 17.3. The van der Waals surface area contributed by atoms with Crippen molar-refractivity contribution in [1.82, 2.24) is 9.97 Å². The first-order chi connectivity index (χ1) is 10.7. The number of anilines is 3. The van der Waals surface area contributed by atoms with E-state index in [9.17, 15) is 0 Å². The third-order valence-corrected chi connectivity index (χ3v) is 3.52. The van der Waals surface area contributed by atoms with Crippen molar-refractivity contribution >= 4 is 17.5 Å². The van der Waals surface area contributed by atoms with Crippen LogP contribution in [0.15, 0.2) is 24.3 Å². The van der Waals surface area contributed by atoms with Gasteiger partial charge in [-0.3, -0.25) is 0 Å². The normalized spacial score (nSPS) is 11.7. The minimum absolute atomic E-state index is 0.0379. The van der Waals surface area contributed by atoms with Crippen molar-refractivity contribution < 1.29 is 0 Å². The average Bonchev–Trinajstić information content (AvgIpc) is 2.38. The van der Waals surface area contributed by atoms with Crippen molar-refractivity contribution in [3.8, 4) is 0 Å². The van der Waals surface area contributed by atoms with Gasteiger partial charge in [-0.05, 0) is 51.7 Å². The van der Waals surface area contributed by atoms with Gasteiger partial charge in [0.05, 0.1) is 0 Å². The third-order valence-electron chi connectivity index (χ3n) is 3.52. The van der Waals surface area contributed by atoms with Crippen molar-refractivity contribution in [3.63, 3.8) is 0 Å². The summed E-state index contributed by atoms with van der Waals surface area (Å²) in [7, 11) is 0. The maximum absolute atomic E-state index is 4.62. The van der Waals surface area contributed by atoms with Crippen LogP contribution in [0.5, 0.6) is 0 Å². The highest BCUT2D eigenvalue weighted by Gasteiger charge is 2.14. The van der Waals surface area contributed by atoms with Gasteiger partial charge in [0.2, 0.25) is 5.95 Å². The summed E-state index contributed by atoms with van der Waals surface area (Å²) in [4.78, 5) is 9.16. The Bertz CT molecular complexity index is 684. The van der Waals surface area contributed by atoms with E-state index in [-0.39, 0.29) is 5.54 Å². The van der Waals surface area contributed by atoms with E-state index < -0.39 is 0 Å². The van der Waals surface area contributed by atoms with E-state index in [4.69, 9.17) is 0 Å². The molecule has 0 saturated heterocycles. The van der Waals surface area contributed by atoms with Crippen molar-refractivity contribution in [2.45, 2.75) is 59.9 Å². The molecule has 1 aromatic carbocycles. The highest BCUT2D eigenvalue weighted by atomic mass is 15.2. The second kappa shape index (κ2) is 6.57. The molecule has 23 heavy (non-hydrogen) atoms. The van der Waals surface area contributed by atoms with Gasteiger partial charge < -0.3 is 10.6 Å². The topological polar surface area (TPSA) is 49.8 Å². The SMILES string of the molecule is Cc1cc(NC(C)(C)C)nc(Nc2c(C)cccc2C(C)C)n1. The summed E-state index contributed by atoms with van der Waals surface area (Å²) < 4.78 is 0. The fourth-order valence-electron chi connectivity index (χ4n) is 2.53. The number of aryl methyl sites for hydroxylation is 2. The lowest BCUT2D eigenvalue weighted by Gasteiger charge is -2.22. The second-order valence-electron chi connectivity index (χ2n) is 7.41. The van der Waals surface area contributed by atoms with E-state index >= 15 is 0 Å². The van der Waals surface area contributed by atoms with E-state index in [1.54, 1.807) is 0 Å². The van der Waals surface area contributed by atoms with Gasteiger partial charge in [-0.25, -0.2) is 4.98 Å². The molecule has 0 fully saturated rings. The molecule has 4 heteroatoms. The molecule has 1 heterocycles. The first-order valence-corrected chi connectivity index (χ1v) is 8.16. The summed E-state index contributed by atoms with van der Waals surface area (Å²) in [5.74, 6) is 1.91. The lowest BCUT2D eigenvalue weighted by atomic mass is 9.98. The molecule has 0 atom stereocenters. The van der Waals surface area contributed by atoms with E-state index in [0.29, 0.717) is 11.9 Å². The number of rotatable bonds is 4. The maximum Gasteiger partial charge on any atom is 0.229 e. The Labute approximate surface area is 139 Å². The van der Waals surface area contributed by atoms with Crippen LogP contribution in [-0.4, -0.2) is 15.5 Å². The zero-order valence-corrected chi connectivity index (χ0v) is 15.3. The Balaban J connectivity index is 2.38. The smallest absolute Gasteiger partial charge is 0.229 e. The third kappa shape index (κ3) is 4.68. The molecule has 0 aliphatic heterocycles. The zero-order valence-electron chi connectivity index (χ0n) is 15.3. The highest BCUT2D eigenvalue weighted by molar-refractivity contribution is 5.64. The van der Waals surface area contributed by atoms with Gasteiger partial charge in [-0.15, -0.1) is 0 Å². The van der Waals surface area contributed by atoms with Crippen LogP contribution < -0.4 is 10.6 Å². The van der Waals surface area contributed by atoms with Crippen LogP contribution in [0.1, 0.15) is 57.4 Å². The Morgan fingerprint density at radius 1 is 1.04 bits per heavy atom. The van der Waals surface area contributed by atoms with Crippen LogP contribution in [0.3, 0.4) is 0 Å². The Kier molecular flexibility index (Phi) is 4.93. The number of nitrogens with zero attached hydrogens (tertiary/aromatic N) is 2. The van der Waals surface area contributed by atoms with Crippen LogP contribution in [-0.2, 0) is 0 Å². The predicted octanol–water partition coefficient (Wildman–Crippen LogP) is 5.17. The molecule has 2 aromatic rings. The maximum atomic E-state index is 4.62. The number of benzene rings is 1. The summed E-state index contributed by atoms with van der Waals surface area (Å²) in [6, 6.07) is 8.33. The number of para-hydroxylation sites is 1. The van der Waals surface area contributed by atoms with E-state index in [1.165, 1.54) is 11.1 Å². The molecule has 4 nitrogen and oxygen atoms in total. The Morgan fingerprint density at radius 3 is 2.35 bits per heavy atom. The molecular weight excluding hydrogens is 284 g/mol. The molecule has 0 radical (unpaired) electrons. The summed E-state index contributed by atoms with van der Waals surface area (Å²) >= 11 is 0. The molecule has 2 rings (SSSR count). The van der Waals surface area contributed by atoms with Crippen molar-refractivity contribution in [1.29, 1.82) is 0 Å². The summed E-state index contributed by atoms with van der Waals surface area (Å²) in [6.07, 6.45) is 0. The molecule has 2 N–H and O–H groups in total. The van der Waals surface area contributed by atoms with E-state index in [0.717, 1.165) is 17.2 Å². The average molecular weight is 312 g/mol. The van der Waals surface area contributed by atoms with Crippen LogP contribution >= 0.6 is 0 Å². The van der Waals surface area contributed by atoms with Crippen LogP contribution in [0.2, 0.25) is 0 Å². The van der Waals surface area contributed by atoms with Crippen LogP contribution in [0.25, 0.3) is 0 Å². The quantitative estimate of drug-likeness (QED) is 0.817. The minimum Gasteiger partial charge on any atom is -0.365 e. The van der Waals surface area contributed by atoms with Gasteiger partial charge in [-0.2, -0.15) is 4.98 Å². The van der Waals surface area contributed by atoms with Crippen molar-refractivity contribution in [2.75, 3.05) is 10.6 Å². The number of nitrogens with one attached hydrogen (secondary N) is 2. The fourth-order valence-corrected chi connectivity index (χ4v) is 2.53. The van der Waals surface area contributed by atoms with Gasteiger partial charge in [0.1, 0.15) is 5.82 Å². The summed E-state index contributed by atoms with van der Waals surface area (Å²) in [5.41, 5.74) is 4.49. The van der Waals surface area contributed by atoms with Crippen LogP contribution in [0, 0.1) is 13.8 Å². The fraction of sp³-hybridized carbons (Fsp3) is 0.474. The number of aromatic nitrogens is 2. The Hall–Kier alpha value is -2.10. The summed E-state index contributed by atoms with van der Waals surface area (Å²) in [5, 5.41) is 6.84. The van der Waals surface area contributed by atoms with Gasteiger partial charge in [0.25, 0.3) is 0 Å². The lowest BCUT2D eigenvalue weighted by Crippen LogP contribution is -2.27. The molecule has 0 aliphatic rings. The largest absolute Gasteiger partial charge is 0.365 e. The van der Waals surface area contributed by atoms with Gasteiger partial charge in [0, 0.05) is 23.0 Å². The van der Waals surface area contributed by atoms with Gasteiger partial charge in [-0.1, -0.05) is 32.0 Å². The molecule has 0 unspecified atom stereocenters. The Morgan fingerprint density at radius 2 is 1.74 bits per heavy atom. The highest BCUT2D eigenvalue weighted by Crippen LogP contribution is 2.29. The molecule has 0 saturated carbocycles. The number of hydrogen-bond donors (Lipinski definition) is 2. The molecule has 0 aliphatic carbocycles. The minimum atomic E-state index is -0.0379. The standard InChI is InChI=1S/C19H28N4/c1-12(2)15-10-8-9-13(3)17(15)22-18-20-14(4)11-16(21-18)23-19(5,6)7/h8-12H,1-7H3,(H2,20,21,22,23). The zero-order chi connectivity index (χ0) is 17.2. The molecule has 0 amide bonds. The second-order valence-corrected chi connectivity index (χ2v) is 7.41. The molecule has 0 spiro atoms. The number of hydrogen-bond acceptors (Lipinski definition) is 4. The molecule has 0 bridgehead atoms. The van der Waals surface area contributed by atoms with Crippen molar-refractivity contribution in [3.05, 3.63) is 41.1 Å². The summed E-state index contributed by atoms with van der Waals surface area (Å²) in [6.45, 7) is 14.9. The molecule has 1 aromatic heterocycles. The van der Waals surface area contributed by atoms with Crippen molar-refractivity contribution in [2.24, 2.45) is 0 Å². The van der Waals surface area contributed by atoms with Gasteiger partial charge >= 0.3 is 0 Å². The predicted molar refractivity (Wildman–Crippen MR) is 98.7 cm³/mol. The van der Waals surface area contributed by atoms with Crippen LogP contribution in [0.4, 0.5) is 17.5 Å². The van der Waals surface area contributed by atoms with E-state index in [1.807, 2.05) is 13.0 Å². The lowest BCUT2D eigenvalue weighted by molar-refractivity contribution is 0.630. The first-order valence-electron chi connectivity index (χ1n) is 8.16. The molecule has 124 valence electrons. The monoisotopic (exact) mass is 312 g/mol. The molecular formula is C19H28N4. The van der Waals surface area contributed by atoms with E-state index in [2.05, 4.69) is 80.3 Å².